The summed E-state index contributed by atoms with van der Waals surface area (Å²) in [6, 6.07) is 5.22. The van der Waals surface area contributed by atoms with E-state index in [9.17, 15) is 4.39 Å². The average Bonchev–Trinajstić information content (AvgIpc) is 2.23. The lowest BCUT2D eigenvalue weighted by molar-refractivity contribution is 0.528. The Hall–Kier alpha value is -0.0600. The van der Waals surface area contributed by atoms with Crippen LogP contribution in [0.25, 0.3) is 0 Å². The molecule has 0 aliphatic carbocycles. The van der Waals surface area contributed by atoms with E-state index >= 15 is 0 Å². The summed E-state index contributed by atoms with van der Waals surface area (Å²) in [6.45, 7) is 3.27. The molecule has 0 spiro atoms. The van der Waals surface area contributed by atoms with E-state index in [0.29, 0.717) is 9.85 Å². The molecule has 0 amide bonds. The van der Waals surface area contributed by atoms with Gasteiger partial charge < -0.3 is 5.32 Å². The predicted molar refractivity (Wildman–Crippen MR) is 66.5 cm³/mol. The molecule has 1 N–H and O–H groups in total. The van der Waals surface area contributed by atoms with Crippen molar-refractivity contribution in [1.29, 1.82) is 0 Å². The average molecular weight is 290 g/mol. The molecule has 1 aliphatic heterocycles. The van der Waals surface area contributed by atoms with Crippen LogP contribution in [0.1, 0.15) is 17.9 Å². The Kier molecular flexibility index (Phi) is 3.69. The number of halogens is 2. The molecular formula is C11H13BrFNS. The SMILES string of the molecule is CC1CNC(c2ccc(F)c(Br)c2)SC1. The summed E-state index contributed by atoms with van der Waals surface area (Å²) in [4.78, 5) is 0. The molecule has 2 atom stereocenters. The van der Waals surface area contributed by atoms with Crippen molar-refractivity contribution >= 4 is 27.7 Å². The Morgan fingerprint density at radius 3 is 2.93 bits per heavy atom. The van der Waals surface area contributed by atoms with Crippen molar-refractivity contribution in [1.82, 2.24) is 5.32 Å². The minimum absolute atomic E-state index is 0.201. The first kappa shape index (κ1) is 11.4. The fourth-order valence-electron chi connectivity index (χ4n) is 1.58. The lowest BCUT2D eigenvalue weighted by Crippen LogP contribution is -2.31. The van der Waals surface area contributed by atoms with Crippen LogP contribution in [0.15, 0.2) is 22.7 Å². The molecule has 0 radical (unpaired) electrons. The molecule has 0 saturated carbocycles. The smallest absolute Gasteiger partial charge is 0.137 e. The van der Waals surface area contributed by atoms with Crippen LogP contribution in [0, 0.1) is 11.7 Å². The summed E-state index contributed by atoms with van der Waals surface area (Å²) in [6.07, 6.45) is 0. The van der Waals surface area contributed by atoms with Gasteiger partial charge in [0.2, 0.25) is 0 Å². The normalized spacial score (nSPS) is 26.6. The standard InChI is InChI=1S/C11H13BrFNS/c1-7-5-14-11(15-6-7)8-2-3-10(13)9(12)4-8/h2-4,7,11,14H,5-6H2,1H3. The maximum absolute atomic E-state index is 13.1. The molecule has 4 heteroatoms. The van der Waals surface area contributed by atoms with E-state index in [2.05, 4.69) is 28.2 Å². The zero-order valence-corrected chi connectivity index (χ0v) is 10.9. The van der Waals surface area contributed by atoms with Gasteiger partial charge in [0.15, 0.2) is 0 Å². The maximum atomic E-state index is 13.1. The van der Waals surface area contributed by atoms with Crippen LogP contribution in [-0.4, -0.2) is 12.3 Å². The highest BCUT2D eigenvalue weighted by Gasteiger charge is 2.19. The van der Waals surface area contributed by atoms with Crippen molar-refractivity contribution in [3.05, 3.63) is 34.1 Å². The Morgan fingerprint density at radius 1 is 1.53 bits per heavy atom. The molecule has 1 saturated heterocycles. The molecule has 1 fully saturated rings. The second-order valence-electron chi connectivity index (χ2n) is 3.90. The zero-order chi connectivity index (χ0) is 10.8. The highest BCUT2D eigenvalue weighted by atomic mass is 79.9. The second-order valence-corrected chi connectivity index (χ2v) is 5.89. The van der Waals surface area contributed by atoms with Crippen LogP contribution >= 0.6 is 27.7 Å². The Labute approximate surface area is 102 Å². The summed E-state index contributed by atoms with van der Waals surface area (Å²) in [5.74, 6) is 1.68. The third-order valence-electron chi connectivity index (χ3n) is 2.45. The van der Waals surface area contributed by atoms with Crippen molar-refractivity contribution in [2.24, 2.45) is 5.92 Å². The van der Waals surface area contributed by atoms with E-state index < -0.39 is 0 Å². The van der Waals surface area contributed by atoms with Crippen molar-refractivity contribution in [3.63, 3.8) is 0 Å². The minimum Gasteiger partial charge on any atom is -0.301 e. The lowest BCUT2D eigenvalue weighted by atomic mass is 10.2. The van der Waals surface area contributed by atoms with Gasteiger partial charge in [0.05, 0.1) is 9.85 Å². The van der Waals surface area contributed by atoms with Crippen molar-refractivity contribution in [3.8, 4) is 0 Å². The van der Waals surface area contributed by atoms with Gasteiger partial charge in [-0.05, 0) is 51.8 Å². The topological polar surface area (TPSA) is 12.0 Å². The van der Waals surface area contributed by atoms with E-state index in [4.69, 9.17) is 0 Å². The van der Waals surface area contributed by atoms with Crippen molar-refractivity contribution in [2.75, 3.05) is 12.3 Å². The van der Waals surface area contributed by atoms with Crippen LogP contribution in [-0.2, 0) is 0 Å². The van der Waals surface area contributed by atoms with E-state index in [0.717, 1.165) is 23.8 Å². The molecule has 2 rings (SSSR count). The third kappa shape index (κ3) is 2.74. The van der Waals surface area contributed by atoms with Crippen LogP contribution in [0.4, 0.5) is 4.39 Å². The van der Waals surface area contributed by atoms with E-state index in [-0.39, 0.29) is 5.82 Å². The molecule has 1 aliphatic rings. The molecule has 2 unspecified atom stereocenters. The van der Waals surface area contributed by atoms with Gasteiger partial charge in [-0.15, -0.1) is 11.8 Å². The fraction of sp³-hybridized carbons (Fsp3) is 0.455. The molecule has 1 heterocycles. The first-order chi connectivity index (χ1) is 7.16. The number of hydrogen-bond acceptors (Lipinski definition) is 2. The number of rotatable bonds is 1. The van der Waals surface area contributed by atoms with Gasteiger partial charge in [-0.2, -0.15) is 0 Å². The van der Waals surface area contributed by atoms with Gasteiger partial charge in [0, 0.05) is 0 Å². The van der Waals surface area contributed by atoms with Gasteiger partial charge in [-0.25, -0.2) is 4.39 Å². The number of nitrogens with one attached hydrogen (secondary N) is 1. The molecule has 1 nitrogen and oxygen atoms in total. The van der Waals surface area contributed by atoms with Crippen molar-refractivity contribution < 1.29 is 4.39 Å². The third-order valence-corrected chi connectivity index (χ3v) is 4.59. The predicted octanol–water partition coefficient (Wildman–Crippen LogP) is 3.56. The van der Waals surface area contributed by atoms with Crippen LogP contribution in [0.3, 0.4) is 0 Å². The summed E-state index contributed by atoms with van der Waals surface area (Å²) >= 11 is 5.10. The summed E-state index contributed by atoms with van der Waals surface area (Å²) in [7, 11) is 0. The first-order valence-electron chi connectivity index (χ1n) is 4.97. The molecule has 1 aromatic rings. The lowest BCUT2D eigenvalue weighted by Gasteiger charge is -2.27. The minimum atomic E-state index is -0.201. The highest BCUT2D eigenvalue weighted by Crippen LogP contribution is 2.33. The Bertz CT molecular complexity index is 350. The number of thioether (sulfide) groups is 1. The summed E-state index contributed by atoms with van der Waals surface area (Å²) in [5.41, 5.74) is 1.14. The molecule has 1 aromatic carbocycles. The maximum Gasteiger partial charge on any atom is 0.137 e. The van der Waals surface area contributed by atoms with Gasteiger partial charge in [-0.3, -0.25) is 0 Å². The van der Waals surface area contributed by atoms with Gasteiger partial charge in [-0.1, -0.05) is 13.0 Å². The molecular weight excluding hydrogens is 277 g/mol. The molecule has 82 valence electrons. The van der Waals surface area contributed by atoms with E-state index in [1.807, 2.05) is 23.9 Å². The van der Waals surface area contributed by atoms with Crippen LogP contribution in [0.2, 0.25) is 0 Å². The zero-order valence-electron chi connectivity index (χ0n) is 8.47. The molecule has 15 heavy (non-hydrogen) atoms. The summed E-state index contributed by atoms with van der Waals surface area (Å²) < 4.78 is 13.6. The first-order valence-corrected chi connectivity index (χ1v) is 6.81. The van der Waals surface area contributed by atoms with Crippen molar-refractivity contribution in [2.45, 2.75) is 12.3 Å². The highest BCUT2D eigenvalue weighted by molar-refractivity contribution is 9.10. The number of hydrogen-bond donors (Lipinski definition) is 1. The van der Waals surface area contributed by atoms with E-state index in [1.165, 1.54) is 6.07 Å². The number of benzene rings is 1. The van der Waals surface area contributed by atoms with Gasteiger partial charge in [0.1, 0.15) is 5.82 Å². The Morgan fingerprint density at radius 2 is 2.33 bits per heavy atom. The largest absolute Gasteiger partial charge is 0.301 e. The Balaban J connectivity index is 2.12. The van der Waals surface area contributed by atoms with Gasteiger partial charge in [0.25, 0.3) is 0 Å². The fourth-order valence-corrected chi connectivity index (χ4v) is 3.16. The van der Waals surface area contributed by atoms with Gasteiger partial charge >= 0.3 is 0 Å². The van der Waals surface area contributed by atoms with E-state index in [1.54, 1.807) is 0 Å². The van der Waals surface area contributed by atoms with Crippen LogP contribution in [0.5, 0.6) is 0 Å². The molecule has 0 aromatic heterocycles. The summed E-state index contributed by atoms with van der Waals surface area (Å²) in [5, 5.41) is 3.76. The quantitative estimate of drug-likeness (QED) is 0.848. The monoisotopic (exact) mass is 289 g/mol. The second kappa shape index (κ2) is 4.85. The molecule has 0 bridgehead atoms. The van der Waals surface area contributed by atoms with Crippen LogP contribution < -0.4 is 5.32 Å².